The van der Waals surface area contributed by atoms with Gasteiger partial charge in [0.05, 0.1) is 40.6 Å². The third-order valence-corrected chi connectivity index (χ3v) is 3.52. The Balaban J connectivity index is 2.40. The molecule has 0 radical (unpaired) electrons. The highest BCUT2D eigenvalue weighted by molar-refractivity contribution is 5.42. The Morgan fingerprint density at radius 1 is 1.18 bits per heavy atom. The second-order valence-electron chi connectivity index (χ2n) is 5.14. The summed E-state index contributed by atoms with van der Waals surface area (Å²) < 4.78 is 16.0. The number of aliphatic hydroxyl groups excluding tert-OH is 2. The summed E-state index contributed by atoms with van der Waals surface area (Å²) in [7, 11) is 3.19. The summed E-state index contributed by atoms with van der Waals surface area (Å²) in [6, 6.07) is 5.60. The molecule has 3 N–H and O–H groups in total. The molecule has 1 unspecified atom stereocenters. The summed E-state index contributed by atoms with van der Waals surface area (Å²) >= 11 is 0. The van der Waals surface area contributed by atoms with Crippen molar-refractivity contribution in [1.82, 2.24) is 0 Å². The van der Waals surface area contributed by atoms with Crippen LogP contribution in [0.3, 0.4) is 0 Å². The van der Waals surface area contributed by atoms with Crippen LogP contribution in [-0.2, 0) is 11.3 Å². The quantitative estimate of drug-likeness (QED) is 0.513. The number of quaternary nitrogens is 1. The molecule has 0 spiro atoms. The van der Waals surface area contributed by atoms with Gasteiger partial charge in [0.25, 0.3) is 0 Å². The monoisotopic (exact) mass is 314 g/mol. The first-order valence-corrected chi connectivity index (χ1v) is 7.55. The van der Waals surface area contributed by atoms with E-state index in [1.807, 2.05) is 25.1 Å². The molecule has 0 heterocycles. The molecule has 0 fully saturated rings. The minimum atomic E-state index is -0.540. The average Bonchev–Trinajstić information content (AvgIpc) is 2.54. The first kappa shape index (κ1) is 18.7. The molecule has 1 rings (SSSR count). The fraction of sp³-hybridized carbons (Fsp3) is 0.625. The van der Waals surface area contributed by atoms with Crippen molar-refractivity contribution in [2.75, 3.05) is 47.1 Å². The van der Waals surface area contributed by atoms with Gasteiger partial charge in [-0.25, -0.2) is 0 Å². The van der Waals surface area contributed by atoms with Crippen LogP contribution in [0.1, 0.15) is 12.5 Å². The summed E-state index contributed by atoms with van der Waals surface area (Å²) in [5.74, 6) is 1.34. The molecule has 0 aliphatic carbocycles. The Bertz CT molecular complexity index is 427. The summed E-state index contributed by atoms with van der Waals surface area (Å²) in [6.45, 7) is 4.91. The van der Waals surface area contributed by atoms with Gasteiger partial charge < -0.3 is 29.3 Å². The number of nitrogens with one attached hydrogen (secondary N) is 1. The number of hydrogen-bond donors (Lipinski definition) is 3. The number of ether oxygens (including phenoxy) is 3. The van der Waals surface area contributed by atoms with Crippen LogP contribution >= 0.6 is 0 Å². The Hall–Kier alpha value is -1.34. The summed E-state index contributed by atoms with van der Waals surface area (Å²) in [5, 5.41) is 18.9. The minimum Gasteiger partial charge on any atom is -0.493 e. The van der Waals surface area contributed by atoms with Crippen molar-refractivity contribution in [3.63, 3.8) is 0 Å². The van der Waals surface area contributed by atoms with E-state index < -0.39 is 6.10 Å². The third-order valence-electron chi connectivity index (χ3n) is 3.52. The summed E-state index contributed by atoms with van der Waals surface area (Å²) in [5.41, 5.74) is 0.958. The first-order valence-electron chi connectivity index (χ1n) is 7.55. The smallest absolute Gasteiger partial charge is 0.161 e. The molecule has 0 bridgehead atoms. The molecular weight excluding hydrogens is 286 g/mol. The zero-order chi connectivity index (χ0) is 16.4. The van der Waals surface area contributed by atoms with Gasteiger partial charge in [0.2, 0.25) is 0 Å². The predicted octanol–water partition coefficient (Wildman–Crippen LogP) is -0.522. The van der Waals surface area contributed by atoms with E-state index in [4.69, 9.17) is 19.3 Å². The number of aliphatic hydroxyl groups is 2. The van der Waals surface area contributed by atoms with E-state index in [0.29, 0.717) is 31.2 Å². The van der Waals surface area contributed by atoms with Crippen molar-refractivity contribution >= 4 is 0 Å². The Morgan fingerprint density at radius 2 is 1.91 bits per heavy atom. The van der Waals surface area contributed by atoms with E-state index >= 15 is 0 Å². The lowest BCUT2D eigenvalue weighted by molar-refractivity contribution is -0.901. The molecule has 0 saturated carbocycles. The summed E-state index contributed by atoms with van der Waals surface area (Å²) in [4.78, 5) is 1.16. The zero-order valence-corrected chi connectivity index (χ0v) is 13.7. The standard InChI is InChI=1S/C16H27NO5/c1-4-17(7-8-18)10-14(19)12-22-11-13-5-6-15(20-2)16(9-13)21-3/h5-6,9,14,18-19H,4,7-8,10-12H2,1-3H3/p+1/t14-/m0/s1. The van der Waals surface area contributed by atoms with Crippen molar-refractivity contribution in [1.29, 1.82) is 0 Å². The van der Waals surface area contributed by atoms with Gasteiger partial charge in [-0.3, -0.25) is 0 Å². The fourth-order valence-electron chi connectivity index (χ4n) is 2.26. The molecule has 2 atom stereocenters. The number of rotatable bonds is 11. The van der Waals surface area contributed by atoms with Crippen LogP contribution in [0, 0.1) is 0 Å². The van der Waals surface area contributed by atoms with Crippen LogP contribution in [0.2, 0.25) is 0 Å². The molecule has 0 aliphatic rings. The van der Waals surface area contributed by atoms with Gasteiger partial charge in [0, 0.05) is 0 Å². The molecule has 1 aromatic carbocycles. The lowest BCUT2D eigenvalue weighted by atomic mass is 10.2. The van der Waals surface area contributed by atoms with Crippen LogP contribution < -0.4 is 14.4 Å². The van der Waals surface area contributed by atoms with Crippen molar-refractivity contribution < 1.29 is 29.3 Å². The van der Waals surface area contributed by atoms with Crippen LogP contribution in [0.4, 0.5) is 0 Å². The molecule has 0 aliphatic heterocycles. The normalized spacial score (nSPS) is 13.7. The molecule has 0 saturated heterocycles. The van der Waals surface area contributed by atoms with Crippen molar-refractivity contribution in [3.05, 3.63) is 23.8 Å². The Morgan fingerprint density at radius 3 is 2.50 bits per heavy atom. The van der Waals surface area contributed by atoms with E-state index in [9.17, 15) is 5.11 Å². The molecule has 0 amide bonds. The minimum absolute atomic E-state index is 0.127. The molecule has 22 heavy (non-hydrogen) atoms. The lowest BCUT2D eigenvalue weighted by Crippen LogP contribution is -3.13. The first-order chi connectivity index (χ1) is 10.6. The molecule has 6 nitrogen and oxygen atoms in total. The van der Waals surface area contributed by atoms with Gasteiger partial charge in [-0.15, -0.1) is 0 Å². The second kappa shape index (κ2) is 10.4. The fourth-order valence-corrected chi connectivity index (χ4v) is 2.26. The van der Waals surface area contributed by atoms with E-state index in [0.717, 1.165) is 17.0 Å². The summed E-state index contributed by atoms with van der Waals surface area (Å²) in [6.07, 6.45) is -0.540. The predicted molar refractivity (Wildman–Crippen MR) is 83.5 cm³/mol. The van der Waals surface area contributed by atoms with Gasteiger partial charge in [-0.1, -0.05) is 6.07 Å². The highest BCUT2D eigenvalue weighted by Gasteiger charge is 2.13. The largest absolute Gasteiger partial charge is 0.493 e. The van der Waals surface area contributed by atoms with Crippen molar-refractivity contribution in [3.8, 4) is 11.5 Å². The van der Waals surface area contributed by atoms with Crippen molar-refractivity contribution in [2.24, 2.45) is 0 Å². The topological polar surface area (TPSA) is 72.6 Å². The Labute approximate surface area is 132 Å². The maximum absolute atomic E-state index is 9.97. The molecule has 1 aromatic rings. The number of hydrogen-bond acceptors (Lipinski definition) is 5. The molecule has 6 heteroatoms. The number of benzene rings is 1. The van der Waals surface area contributed by atoms with Crippen LogP contribution in [0.25, 0.3) is 0 Å². The highest BCUT2D eigenvalue weighted by Crippen LogP contribution is 2.27. The van der Waals surface area contributed by atoms with E-state index in [2.05, 4.69) is 0 Å². The zero-order valence-electron chi connectivity index (χ0n) is 13.7. The van der Waals surface area contributed by atoms with E-state index in [-0.39, 0.29) is 13.2 Å². The average molecular weight is 314 g/mol. The van der Waals surface area contributed by atoms with Crippen LogP contribution in [0.5, 0.6) is 11.5 Å². The van der Waals surface area contributed by atoms with Gasteiger partial charge in [-0.2, -0.15) is 0 Å². The van der Waals surface area contributed by atoms with Gasteiger partial charge in [-0.05, 0) is 24.6 Å². The van der Waals surface area contributed by atoms with E-state index in [1.54, 1.807) is 14.2 Å². The molecular formula is C16H28NO5+. The van der Waals surface area contributed by atoms with Crippen LogP contribution in [0.15, 0.2) is 18.2 Å². The lowest BCUT2D eigenvalue weighted by Gasteiger charge is -2.20. The maximum atomic E-state index is 9.97. The van der Waals surface area contributed by atoms with Crippen molar-refractivity contribution in [2.45, 2.75) is 19.6 Å². The number of likely N-dealkylation sites (N-methyl/N-ethyl adjacent to an activating group) is 1. The van der Waals surface area contributed by atoms with Crippen LogP contribution in [-0.4, -0.2) is 63.4 Å². The van der Waals surface area contributed by atoms with Gasteiger partial charge in [0.15, 0.2) is 11.5 Å². The van der Waals surface area contributed by atoms with Gasteiger partial charge in [0.1, 0.15) is 19.2 Å². The second-order valence-corrected chi connectivity index (χ2v) is 5.14. The van der Waals surface area contributed by atoms with E-state index in [1.165, 1.54) is 0 Å². The SMILES string of the molecule is CC[NH+](CCO)C[C@H](O)COCc1ccc(OC)c(OC)c1. The highest BCUT2D eigenvalue weighted by atomic mass is 16.5. The third kappa shape index (κ3) is 6.19. The van der Waals surface area contributed by atoms with Gasteiger partial charge >= 0.3 is 0 Å². The number of methoxy groups -OCH3 is 2. The maximum Gasteiger partial charge on any atom is 0.161 e. The Kier molecular flexibility index (Phi) is 8.84. The molecule has 0 aromatic heterocycles. The molecule has 126 valence electrons.